The summed E-state index contributed by atoms with van der Waals surface area (Å²) in [5.41, 5.74) is 0.985. The van der Waals surface area contributed by atoms with Gasteiger partial charge in [-0.2, -0.15) is 0 Å². The quantitative estimate of drug-likeness (QED) is 0.846. The van der Waals surface area contributed by atoms with Gasteiger partial charge in [-0.25, -0.2) is 4.39 Å². The molecule has 2 fully saturated rings. The largest absolute Gasteiger partial charge is 0.370 e. The summed E-state index contributed by atoms with van der Waals surface area (Å²) in [5.74, 6) is -0.259. The number of likely N-dealkylation sites (tertiary alicyclic amines) is 1. The van der Waals surface area contributed by atoms with Gasteiger partial charge in [0.2, 0.25) is 11.8 Å². The van der Waals surface area contributed by atoms with Crippen LogP contribution in [0.4, 0.5) is 10.1 Å². The van der Waals surface area contributed by atoms with Crippen molar-refractivity contribution < 1.29 is 14.0 Å². The normalized spacial score (nSPS) is 22.0. The summed E-state index contributed by atoms with van der Waals surface area (Å²) in [5, 5.41) is 0. The lowest BCUT2D eigenvalue weighted by atomic mass is 10.1. The molecule has 2 aliphatic heterocycles. The van der Waals surface area contributed by atoms with Gasteiger partial charge in [0.1, 0.15) is 5.82 Å². The van der Waals surface area contributed by atoms with Gasteiger partial charge in [-0.3, -0.25) is 9.59 Å². The van der Waals surface area contributed by atoms with Gasteiger partial charge >= 0.3 is 0 Å². The molecule has 1 unspecified atom stereocenters. The minimum absolute atomic E-state index is 0.0820. The number of halogens is 1. The fourth-order valence-electron chi connectivity index (χ4n) is 3.55. The topological polar surface area (TPSA) is 43.9 Å². The third-order valence-corrected chi connectivity index (χ3v) is 4.94. The highest BCUT2D eigenvalue weighted by Crippen LogP contribution is 2.22. The predicted molar refractivity (Wildman–Crippen MR) is 90.2 cm³/mol. The van der Waals surface area contributed by atoms with Crippen LogP contribution >= 0.6 is 0 Å². The molecule has 0 radical (unpaired) electrons. The molecule has 24 heavy (non-hydrogen) atoms. The molecule has 130 valence electrons. The smallest absolute Gasteiger partial charge is 0.228 e. The van der Waals surface area contributed by atoms with Crippen molar-refractivity contribution in [3.8, 4) is 0 Å². The van der Waals surface area contributed by atoms with Crippen molar-refractivity contribution in [1.29, 1.82) is 0 Å². The number of amides is 2. The van der Waals surface area contributed by atoms with E-state index < -0.39 is 0 Å². The van der Waals surface area contributed by atoms with Crippen LogP contribution in [0.2, 0.25) is 0 Å². The maximum Gasteiger partial charge on any atom is 0.228 e. The van der Waals surface area contributed by atoms with Crippen LogP contribution in [0.15, 0.2) is 24.3 Å². The molecule has 5 nitrogen and oxygen atoms in total. The molecule has 0 N–H and O–H groups in total. The van der Waals surface area contributed by atoms with Crippen LogP contribution in [0.25, 0.3) is 0 Å². The number of carbonyl (C=O) groups excluding carboxylic acids is 2. The standard InChI is InChI=1S/C18H24FN3O2/c1-2-20-13-14(12-17(20)23)18(24)22-9-3-8-21(10-11-22)16-6-4-15(19)5-7-16/h4-7,14H,2-3,8-13H2,1H3. The first-order valence-electron chi connectivity index (χ1n) is 8.65. The van der Waals surface area contributed by atoms with Crippen LogP contribution in [-0.2, 0) is 9.59 Å². The van der Waals surface area contributed by atoms with Crippen molar-refractivity contribution in [3.05, 3.63) is 30.1 Å². The summed E-state index contributed by atoms with van der Waals surface area (Å²) in [6, 6.07) is 6.49. The van der Waals surface area contributed by atoms with Crippen LogP contribution in [0.5, 0.6) is 0 Å². The van der Waals surface area contributed by atoms with Crippen LogP contribution in [0, 0.1) is 11.7 Å². The van der Waals surface area contributed by atoms with Gasteiger partial charge in [0.25, 0.3) is 0 Å². The second kappa shape index (κ2) is 7.20. The molecule has 1 aromatic carbocycles. The lowest BCUT2D eigenvalue weighted by molar-refractivity contribution is -0.135. The van der Waals surface area contributed by atoms with Gasteiger partial charge in [0.15, 0.2) is 0 Å². The summed E-state index contributed by atoms with van der Waals surface area (Å²) in [6.07, 6.45) is 1.21. The molecule has 0 saturated carbocycles. The van der Waals surface area contributed by atoms with Crippen molar-refractivity contribution in [3.63, 3.8) is 0 Å². The average molecular weight is 333 g/mol. The molecule has 2 aliphatic rings. The Labute approximate surface area is 142 Å². The molecule has 1 aromatic rings. The van der Waals surface area contributed by atoms with E-state index in [9.17, 15) is 14.0 Å². The molecule has 3 rings (SSSR count). The van der Waals surface area contributed by atoms with E-state index in [4.69, 9.17) is 0 Å². The Kier molecular flexibility index (Phi) is 5.02. The fourth-order valence-corrected chi connectivity index (χ4v) is 3.55. The highest BCUT2D eigenvalue weighted by atomic mass is 19.1. The molecule has 2 heterocycles. The van der Waals surface area contributed by atoms with Gasteiger partial charge in [0, 0.05) is 51.4 Å². The zero-order valence-electron chi connectivity index (χ0n) is 14.1. The van der Waals surface area contributed by atoms with Crippen molar-refractivity contribution in [2.24, 2.45) is 5.92 Å². The van der Waals surface area contributed by atoms with Gasteiger partial charge in [-0.15, -0.1) is 0 Å². The summed E-state index contributed by atoms with van der Waals surface area (Å²) in [6.45, 7) is 6.10. The Morgan fingerprint density at radius 3 is 2.58 bits per heavy atom. The first-order valence-corrected chi connectivity index (χ1v) is 8.65. The summed E-state index contributed by atoms with van der Waals surface area (Å²) in [7, 11) is 0. The predicted octanol–water partition coefficient (Wildman–Crippen LogP) is 1.73. The molecule has 2 amide bonds. The summed E-state index contributed by atoms with van der Waals surface area (Å²) >= 11 is 0. The number of hydrogen-bond acceptors (Lipinski definition) is 3. The molecule has 2 saturated heterocycles. The second-order valence-electron chi connectivity index (χ2n) is 6.48. The van der Waals surface area contributed by atoms with Crippen molar-refractivity contribution in [1.82, 2.24) is 9.80 Å². The Bertz CT molecular complexity index is 605. The van der Waals surface area contributed by atoms with Gasteiger partial charge < -0.3 is 14.7 Å². The van der Waals surface area contributed by atoms with E-state index in [1.807, 2.05) is 11.8 Å². The Hall–Kier alpha value is -2.11. The van der Waals surface area contributed by atoms with Crippen LogP contribution < -0.4 is 4.90 Å². The molecule has 0 aliphatic carbocycles. The number of carbonyl (C=O) groups is 2. The molecule has 0 spiro atoms. The molecule has 6 heteroatoms. The summed E-state index contributed by atoms with van der Waals surface area (Å²) < 4.78 is 13.1. The number of anilines is 1. The molecule has 1 atom stereocenters. The second-order valence-corrected chi connectivity index (χ2v) is 6.48. The average Bonchev–Trinajstić information content (AvgIpc) is 2.81. The van der Waals surface area contributed by atoms with Crippen LogP contribution in [-0.4, -0.2) is 60.9 Å². The van der Waals surface area contributed by atoms with E-state index in [-0.39, 0.29) is 23.5 Å². The molecule has 0 bridgehead atoms. The highest BCUT2D eigenvalue weighted by molar-refractivity contribution is 5.89. The van der Waals surface area contributed by atoms with Gasteiger partial charge in [-0.05, 0) is 37.6 Å². The first-order chi connectivity index (χ1) is 11.6. The minimum Gasteiger partial charge on any atom is -0.370 e. The van der Waals surface area contributed by atoms with Crippen molar-refractivity contribution >= 4 is 17.5 Å². The van der Waals surface area contributed by atoms with Crippen molar-refractivity contribution in [2.75, 3.05) is 44.2 Å². The zero-order chi connectivity index (χ0) is 17.1. The van der Waals surface area contributed by atoms with Gasteiger partial charge in [-0.1, -0.05) is 0 Å². The third-order valence-electron chi connectivity index (χ3n) is 4.94. The van der Waals surface area contributed by atoms with E-state index in [2.05, 4.69) is 4.90 Å². The van der Waals surface area contributed by atoms with Crippen LogP contribution in [0.3, 0.4) is 0 Å². The van der Waals surface area contributed by atoms with Gasteiger partial charge in [0.05, 0.1) is 5.92 Å². The molecule has 0 aromatic heterocycles. The van der Waals surface area contributed by atoms with E-state index in [0.29, 0.717) is 32.6 Å². The van der Waals surface area contributed by atoms with E-state index >= 15 is 0 Å². The SMILES string of the molecule is CCN1CC(C(=O)N2CCCN(c3ccc(F)cc3)CC2)CC1=O. The first kappa shape index (κ1) is 16.7. The maximum absolute atomic E-state index is 13.1. The maximum atomic E-state index is 13.1. The number of rotatable bonds is 3. The van der Waals surface area contributed by atoms with Crippen LogP contribution in [0.1, 0.15) is 19.8 Å². The Balaban J connectivity index is 1.60. The Morgan fingerprint density at radius 2 is 1.92 bits per heavy atom. The number of benzene rings is 1. The minimum atomic E-state index is -0.239. The fraction of sp³-hybridized carbons (Fsp3) is 0.556. The summed E-state index contributed by atoms with van der Waals surface area (Å²) in [4.78, 5) is 30.4. The number of nitrogens with zero attached hydrogens (tertiary/aromatic N) is 3. The van der Waals surface area contributed by atoms with Crippen molar-refractivity contribution in [2.45, 2.75) is 19.8 Å². The number of hydrogen-bond donors (Lipinski definition) is 0. The molecular weight excluding hydrogens is 309 g/mol. The molecular formula is C18H24FN3O2. The monoisotopic (exact) mass is 333 g/mol. The zero-order valence-corrected chi connectivity index (χ0v) is 14.1. The van der Waals surface area contributed by atoms with E-state index in [0.717, 1.165) is 25.2 Å². The van der Waals surface area contributed by atoms with E-state index in [1.165, 1.54) is 12.1 Å². The Morgan fingerprint density at radius 1 is 1.17 bits per heavy atom. The third kappa shape index (κ3) is 3.52. The lowest BCUT2D eigenvalue weighted by Gasteiger charge is -2.25. The highest BCUT2D eigenvalue weighted by Gasteiger charge is 2.36. The lowest BCUT2D eigenvalue weighted by Crippen LogP contribution is -2.40. The van der Waals surface area contributed by atoms with E-state index in [1.54, 1.807) is 17.0 Å².